The summed E-state index contributed by atoms with van der Waals surface area (Å²) in [5.41, 5.74) is 2.95. The van der Waals surface area contributed by atoms with Gasteiger partial charge in [0.05, 0.1) is 13.2 Å². The molecule has 0 saturated carbocycles. The van der Waals surface area contributed by atoms with Crippen molar-refractivity contribution in [2.24, 2.45) is 0 Å². The second kappa shape index (κ2) is 8.82. The van der Waals surface area contributed by atoms with Crippen LogP contribution in [-0.2, 0) is 26.9 Å². The van der Waals surface area contributed by atoms with E-state index < -0.39 is 16.6 Å². The number of hydrogen-bond acceptors (Lipinski definition) is 3. The Morgan fingerprint density at radius 3 is 1.46 bits per heavy atom. The smallest absolute Gasteiger partial charge is 0.221 e. The molecule has 0 spiro atoms. The number of carbonyl (C=O) groups is 1. The van der Waals surface area contributed by atoms with Crippen LogP contribution < -0.4 is 5.32 Å². The van der Waals surface area contributed by atoms with Crippen LogP contribution in [0.3, 0.4) is 0 Å². The summed E-state index contributed by atoms with van der Waals surface area (Å²) in [6.07, 6.45) is 0. The highest BCUT2D eigenvalue weighted by atomic mass is 28.4. The Labute approximate surface area is 174 Å². The molecule has 1 aromatic rings. The van der Waals surface area contributed by atoms with Crippen molar-refractivity contribution in [1.29, 1.82) is 0 Å². The highest BCUT2D eigenvalue weighted by Crippen LogP contribution is 2.38. The molecular formula is C22H41NO3Si2. The second-order valence-electron chi connectivity index (χ2n) is 10.8. The molecule has 160 valence electrons. The first-order valence-corrected chi connectivity index (χ1v) is 15.9. The van der Waals surface area contributed by atoms with Gasteiger partial charge >= 0.3 is 0 Å². The number of benzene rings is 1. The monoisotopic (exact) mass is 423 g/mol. The molecule has 1 amide bonds. The Hall–Kier alpha value is -0.956. The Morgan fingerprint density at radius 1 is 0.821 bits per heavy atom. The standard InChI is InChI=1S/C22H41NO3Si2/c1-17(24)23-20-13-18(15-25-27(8,9)21(2,3)4)12-19(14-20)16-26-28(10,11)22(5,6)7/h12-14H,15-16H2,1-11H3,(H,23,24). The van der Waals surface area contributed by atoms with Crippen LogP contribution >= 0.6 is 0 Å². The van der Waals surface area contributed by atoms with Gasteiger partial charge in [0, 0.05) is 12.6 Å². The summed E-state index contributed by atoms with van der Waals surface area (Å²) in [4.78, 5) is 11.6. The first-order valence-electron chi connectivity index (χ1n) is 10.1. The maximum absolute atomic E-state index is 11.6. The Morgan fingerprint density at radius 2 is 1.18 bits per heavy atom. The van der Waals surface area contributed by atoms with Crippen molar-refractivity contribution >= 4 is 28.2 Å². The maximum atomic E-state index is 11.6. The zero-order valence-electron chi connectivity index (χ0n) is 19.9. The van der Waals surface area contributed by atoms with Crippen molar-refractivity contribution in [3.8, 4) is 0 Å². The van der Waals surface area contributed by atoms with Crippen molar-refractivity contribution in [2.75, 3.05) is 5.32 Å². The fraction of sp³-hybridized carbons (Fsp3) is 0.682. The first kappa shape index (κ1) is 25.1. The number of amides is 1. The van der Waals surface area contributed by atoms with Crippen LogP contribution in [-0.4, -0.2) is 22.5 Å². The minimum absolute atomic E-state index is 0.0706. The molecule has 1 N–H and O–H groups in total. The second-order valence-corrected chi connectivity index (χ2v) is 20.4. The van der Waals surface area contributed by atoms with E-state index in [1.807, 2.05) is 12.1 Å². The van der Waals surface area contributed by atoms with Gasteiger partial charge in [0.15, 0.2) is 16.6 Å². The molecule has 1 aromatic carbocycles. The van der Waals surface area contributed by atoms with Gasteiger partial charge in [-0.25, -0.2) is 0 Å². The summed E-state index contributed by atoms with van der Waals surface area (Å²) < 4.78 is 12.8. The number of nitrogens with one attached hydrogen (secondary N) is 1. The first-order chi connectivity index (χ1) is 12.4. The number of hydrogen-bond donors (Lipinski definition) is 1. The highest BCUT2D eigenvalue weighted by molar-refractivity contribution is 6.74. The molecule has 28 heavy (non-hydrogen) atoms. The predicted molar refractivity (Wildman–Crippen MR) is 125 cm³/mol. The van der Waals surface area contributed by atoms with E-state index >= 15 is 0 Å². The van der Waals surface area contributed by atoms with Crippen LogP contribution in [0.15, 0.2) is 18.2 Å². The van der Waals surface area contributed by atoms with Gasteiger partial charge in [-0.3, -0.25) is 4.79 Å². The average molecular weight is 424 g/mol. The van der Waals surface area contributed by atoms with Gasteiger partial charge in [0.1, 0.15) is 0 Å². The van der Waals surface area contributed by atoms with Gasteiger partial charge in [-0.2, -0.15) is 0 Å². The largest absolute Gasteiger partial charge is 0.413 e. The third-order valence-electron chi connectivity index (χ3n) is 6.18. The fourth-order valence-corrected chi connectivity index (χ4v) is 4.09. The van der Waals surface area contributed by atoms with E-state index in [1.165, 1.54) is 6.92 Å². The molecule has 4 nitrogen and oxygen atoms in total. The summed E-state index contributed by atoms with van der Waals surface area (Å²) >= 11 is 0. The molecule has 0 fully saturated rings. The normalized spacial score (nSPS) is 13.5. The highest BCUT2D eigenvalue weighted by Gasteiger charge is 2.38. The maximum Gasteiger partial charge on any atom is 0.221 e. The lowest BCUT2D eigenvalue weighted by Gasteiger charge is -2.36. The molecule has 0 unspecified atom stereocenters. The molecule has 0 heterocycles. The van der Waals surface area contributed by atoms with Gasteiger partial charge in [-0.05, 0) is 59.5 Å². The molecule has 0 aliphatic carbocycles. The minimum atomic E-state index is -1.84. The van der Waals surface area contributed by atoms with E-state index in [9.17, 15) is 4.79 Å². The third kappa shape index (κ3) is 7.14. The van der Waals surface area contributed by atoms with Gasteiger partial charge in [-0.15, -0.1) is 0 Å². The minimum Gasteiger partial charge on any atom is -0.413 e. The van der Waals surface area contributed by atoms with Gasteiger partial charge < -0.3 is 14.2 Å². The molecule has 0 aliphatic heterocycles. The molecule has 1 rings (SSSR count). The molecule has 0 radical (unpaired) electrons. The summed E-state index contributed by atoms with van der Waals surface area (Å²) in [7, 11) is -3.68. The van der Waals surface area contributed by atoms with Crippen molar-refractivity contribution in [1.82, 2.24) is 0 Å². The van der Waals surface area contributed by atoms with Crippen LogP contribution in [0, 0.1) is 0 Å². The Bertz CT molecular complexity index is 638. The third-order valence-corrected chi connectivity index (χ3v) is 15.1. The van der Waals surface area contributed by atoms with Gasteiger partial charge in [0.25, 0.3) is 0 Å². The van der Waals surface area contributed by atoms with Gasteiger partial charge in [-0.1, -0.05) is 47.6 Å². The van der Waals surface area contributed by atoms with Gasteiger partial charge in [0.2, 0.25) is 5.91 Å². The molecule has 6 heteroatoms. The quantitative estimate of drug-likeness (QED) is 0.497. The molecule has 0 atom stereocenters. The molecular weight excluding hydrogens is 382 g/mol. The lowest BCUT2D eigenvalue weighted by atomic mass is 10.1. The lowest BCUT2D eigenvalue weighted by Crippen LogP contribution is -2.40. The van der Waals surface area contributed by atoms with E-state index in [1.54, 1.807) is 0 Å². The number of carbonyl (C=O) groups excluding carboxylic acids is 1. The molecule has 0 saturated heterocycles. The number of anilines is 1. The average Bonchev–Trinajstić information content (AvgIpc) is 2.48. The van der Waals surface area contributed by atoms with E-state index in [0.717, 1.165) is 16.8 Å². The predicted octanol–water partition coefficient (Wildman–Crippen LogP) is 6.69. The molecule has 0 aromatic heterocycles. The van der Waals surface area contributed by atoms with Crippen LogP contribution in [0.1, 0.15) is 59.6 Å². The van der Waals surface area contributed by atoms with Crippen molar-refractivity contribution in [3.63, 3.8) is 0 Å². The molecule has 0 bridgehead atoms. The fourth-order valence-electron chi connectivity index (χ4n) is 2.17. The zero-order chi connectivity index (χ0) is 22.0. The lowest BCUT2D eigenvalue weighted by molar-refractivity contribution is -0.114. The number of rotatable bonds is 7. The summed E-state index contributed by atoms with van der Waals surface area (Å²) in [5.74, 6) is -0.0706. The van der Waals surface area contributed by atoms with E-state index in [-0.39, 0.29) is 16.0 Å². The van der Waals surface area contributed by atoms with E-state index in [0.29, 0.717) is 13.2 Å². The Kier molecular flexibility index (Phi) is 7.90. The SMILES string of the molecule is CC(=O)Nc1cc(CO[Si](C)(C)C(C)(C)C)cc(CO[Si](C)(C)C(C)(C)C)c1. The van der Waals surface area contributed by atoms with Crippen molar-refractivity contribution in [3.05, 3.63) is 29.3 Å². The molecule has 0 aliphatic rings. The zero-order valence-corrected chi connectivity index (χ0v) is 21.9. The van der Waals surface area contributed by atoms with Crippen LogP contribution in [0.5, 0.6) is 0 Å². The summed E-state index contributed by atoms with van der Waals surface area (Å²) in [6.45, 7) is 25.1. The van der Waals surface area contributed by atoms with E-state index in [2.05, 4.69) is 79.1 Å². The van der Waals surface area contributed by atoms with E-state index in [4.69, 9.17) is 8.85 Å². The van der Waals surface area contributed by atoms with Crippen molar-refractivity contribution in [2.45, 2.75) is 97.9 Å². The summed E-state index contributed by atoms with van der Waals surface area (Å²) in [5, 5.41) is 3.24. The van der Waals surface area contributed by atoms with Crippen LogP contribution in [0.2, 0.25) is 36.3 Å². The Balaban J connectivity index is 3.05. The van der Waals surface area contributed by atoms with Crippen LogP contribution in [0.25, 0.3) is 0 Å². The summed E-state index contributed by atoms with van der Waals surface area (Å²) in [6, 6.07) is 6.15. The van der Waals surface area contributed by atoms with Crippen molar-refractivity contribution < 1.29 is 13.6 Å². The topological polar surface area (TPSA) is 47.6 Å². The van der Waals surface area contributed by atoms with Crippen LogP contribution in [0.4, 0.5) is 5.69 Å².